The number of guanidine groups is 1. The lowest BCUT2D eigenvalue weighted by molar-refractivity contribution is 0.128. The van der Waals surface area contributed by atoms with Gasteiger partial charge in [0.2, 0.25) is 0 Å². The summed E-state index contributed by atoms with van der Waals surface area (Å²) < 4.78 is 7.33. The minimum absolute atomic E-state index is 0.306. The Balaban J connectivity index is 1.81. The standard InChI is InChI=1S/C17H26IN3O/c1-3-4-11-20-17(19-2)21-12-9-14(10-13-21)22-16-8-6-5-7-15(16)18/h5-8,14H,3-4,9-13H2,1-2H3,(H,19,20). The molecule has 1 aliphatic heterocycles. The molecule has 0 radical (unpaired) electrons. The van der Waals surface area contributed by atoms with E-state index >= 15 is 0 Å². The highest BCUT2D eigenvalue weighted by molar-refractivity contribution is 14.1. The molecule has 0 amide bonds. The van der Waals surface area contributed by atoms with Crippen molar-refractivity contribution in [2.45, 2.75) is 38.7 Å². The van der Waals surface area contributed by atoms with Crippen LogP contribution in [0.2, 0.25) is 0 Å². The van der Waals surface area contributed by atoms with Crippen molar-refractivity contribution in [3.8, 4) is 5.75 Å². The fraction of sp³-hybridized carbons (Fsp3) is 0.588. The third-order valence-electron chi connectivity index (χ3n) is 3.90. The first-order valence-electron chi connectivity index (χ1n) is 8.11. The third kappa shape index (κ3) is 5.04. The van der Waals surface area contributed by atoms with Gasteiger partial charge in [-0.05, 0) is 41.1 Å². The molecule has 22 heavy (non-hydrogen) atoms. The Kier molecular flexibility index (Phi) is 7.29. The van der Waals surface area contributed by atoms with Crippen LogP contribution in [0.3, 0.4) is 0 Å². The molecule has 1 aromatic rings. The van der Waals surface area contributed by atoms with Crippen molar-refractivity contribution in [2.75, 3.05) is 26.7 Å². The number of para-hydroxylation sites is 1. The number of benzene rings is 1. The molecule has 5 heteroatoms. The van der Waals surface area contributed by atoms with Gasteiger partial charge in [-0.3, -0.25) is 4.99 Å². The van der Waals surface area contributed by atoms with Crippen molar-refractivity contribution < 1.29 is 4.74 Å². The molecule has 0 spiro atoms. The maximum Gasteiger partial charge on any atom is 0.193 e. The summed E-state index contributed by atoms with van der Waals surface area (Å²) in [6.45, 7) is 5.21. The van der Waals surface area contributed by atoms with E-state index in [-0.39, 0.29) is 0 Å². The summed E-state index contributed by atoms with van der Waals surface area (Å²) >= 11 is 2.33. The molecule has 2 rings (SSSR count). The second-order valence-corrected chi connectivity index (χ2v) is 6.72. The average Bonchev–Trinajstić information content (AvgIpc) is 2.55. The number of piperidine rings is 1. The molecule has 0 aliphatic carbocycles. The number of ether oxygens (including phenoxy) is 1. The van der Waals surface area contributed by atoms with E-state index in [0.717, 1.165) is 44.2 Å². The Bertz CT molecular complexity index is 485. The molecule has 122 valence electrons. The van der Waals surface area contributed by atoms with E-state index < -0.39 is 0 Å². The fourth-order valence-corrected chi connectivity index (χ4v) is 3.13. The van der Waals surface area contributed by atoms with E-state index in [1.807, 2.05) is 19.2 Å². The largest absolute Gasteiger partial charge is 0.489 e. The second kappa shape index (κ2) is 9.22. The summed E-state index contributed by atoms with van der Waals surface area (Å²) in [5.74, 6) is 2.04. The summed E-state index contributed by atoms with van der Waals surface area (Å²) in [4.78, 5) is 6.73. The highest BCUT2D eigenvalue weighted by Crippen LogP contribution is 2.24. The van der Waals surface area contributed by atoms with Crippen LogP contribution in [0.25, 0.3) is 0 Å². The molecule has 1 fully saturated rings. The molecule has 1 N–H and O–H groups in total. The van der Waals surface area contributed by atoms with Gasteiger partial charge in [-0.2, -0.15) is 0 Å². The van der Waals surface area contributed by atoms with Gasteiger partial charge in [0.15, 0.2) is 5.96 Å². The van der Waals surface area contributed by atoms with Crippen LogP contribution in [0.5, 0.6) is 5.75 Å². The van der Waals surface area contributed by atoms with Crippen LogP contribution in [0, 0.1) is 3.57 Å². The number of hydrogen-bond acceptors (Lipinski definition) is 2. The number of hydrogen-bond donors (Lipinski definition) is 1. The van der Waals surface area contributed by atoms with Crippen molar-refractivity contribution in [1.29, 1.82) is 0 Å². The quantitative estimate of drug-likeness (QED) is 0.346. The molecule has 1 saturated heterocycles. The summed E-state index contributed by atoms with van der Waals surface area (Å²) in [5, 5.41) is 3.45. The first kappa shape index (κ1) is 17.4. The zero-order valence-electron chi connectivity index (χ0n) is 13.5. The highest BCUT2D eigenvalue weighted by atomic mass is 127. The minimum atomic E-state index is 0.306. The lowest BCUT2D eigenvalue weighted by Crippen LogP contribution is -2.47. The maximum atomic E-state index is 6.15. The summed E-state index contributed by atoms with van der Waals surface area (Å²) in [6, 6.07) is 8.22. The van der Waals surface area contributed by atoms with Crippen molar-refractivity contribution >= 4 is 28.6 Å². The Morgan fingerprint density at radius 3 is 2.73 bits per heavy atom. The Hall–Kier alpha value is -0.980. The van der Waals surface area contributed by atoms with E-state index in [1.165, 1.54) is 16.4 Å². The summed E-state index contributed by atoms with van der Waals surface area (Å²) in [7, 11) is 1.86. The van der Waals surface area contributed by atoms with Crippen LogP contribution in [0.4, 0.5) is 0 Å². The van der Waals surface area contributed by atoms with E-state index in [2.05, 4.69) is 56.9 Å². The minimum Gasteiger partial charge on any atom is -0.489 e. The van der Waals surface area contributed by atoms with Gasteiger partial charge in [0, 0.05) is 39.5 Å². The number of aliphatic imine (C=N–C) groups is 1. The predicted molar refractivity (Wildman–Crippen MR) is 101 cm³/mol. The first-order valence-corrected chi connectivity index (χ1v) is 9.19. The van der Waals surface area contributed by atoms with Crippen molar-refractivity contribution in [1.82, 2.24) is 10.2 Å². The van der Waals surface area contributed by atoms with Gasteiger partial charge in [0.05, 0.1) is 3.57 Å². The summed E-state index contributed by atoms with van der Waals surface area (Å²) in [6.07, 6.45) is 4.78. The number of nitrogens with zero attached hydrogens (tertiary/aromatic N) is 2. The normalized spacial score (nSPS) is 16.7. The van der Waals surface area contributed by atoms with E-state index in [4.69, 9.17) is 4.74 Å². The van der Waals surface area contributed by atoms with Gasteiger partial charge >= 0.3 is 0 Å². The molecular weight excluding hydrogens is 389 g/mol. The van der Waals surface area contributed by atoms with Crippen LogP contribution in [0.1, 0.15) is 32.6 Å². The zero-order chi connectivity index (χ0) is 15.8. The van der Waals surface area contributed by atoms with Crippen LogP contribution < -0.4 is 10.1 Å². The van der Waals surface area contributed by atoms with Crippen LogP contribution in [0.15, 0.2) is 29.3 Å². The van der Waals surface area contributed by atoms with Crippen molar-refractivity contribution in [3.63, 3.8) is 0 Å². The molecule has 0 saturated carbocycles. The zero-order valence-corrected chi connectivity index (χ0v) is 15.7. The molecule has 0 atom stereocenters. The molecular formula is C17H26IN3O. The van der Waals surface area contributed by atoms with Crippen LogP contribution >= 0.6 is 22.6 Å². The third-order valence-corrected chi connectivity index (χ3v) is 4.79. The van der Waals surface area contributed by atoms with Crippen LogP contribution in [-0.4, -0.2) is 43.6 Å². The van der Waals surface area contributed by atoms with Gasteiger partial charge in [-0.15, -0.1) is 0 Å². The monoisotopic (exact) mass is 415 g/mol. The highest BCUT2D eigenvalue weighted by Gasteiger charge is 2.22. The van der Waals surface area contributed by atoms with E-state index in [1.54, 1.807) is 0 Å². The second-order valence-electron chi connectivity index (χ2n) is 5.56. The Morgan fingerprint density at radius 2 is 2.09 bits per heavy atom. The maximum absolute atomic E-state index is 6.15. The number of unbranched alkanes of at least 4 members (excludes halogenated alkanes) is 1. The lowest BCUT2D eigenvalue weighted by atomic mass is 10.1. The number of rotatable bonds is 5. The smallest absolute Gasteiger partial charge is 0.193 e. The van der Waals surface area contributed by atoms with E-state index in [9.17, 15) is 0 Å². The van der Waals surface area contributed by atoms with Crippen LogP contribution in [-0.2, 0) is 0 Å². The Morgan fingerprint density at radius 1 is 1.36 bits per heavy atom. The molecule has 1 heterocycles. The van der Waals surface area contributed by atoms with Gasteiger partial charge in [-0.25, -0.2) is 0 Å². The van der Waals surface area contributed by atoms with Crippen molar-refractivity contribution in [2.24, 2.45) is 4.99 Å². The van der Waals surface area contributed by atoms with Crippen molar-refractivity contribution in [3.05, 3.63) is 27.8 Å². The molecule has 0 bridgehead atoms. The topological polar surface area (TPSA) is 36.9 Å². The summed E-state index contributed by atoms with van der Waals surface area (Å²) in [5.41, 5.74) is 0. The molecule has 1 aliphatic rings. The van der Waals surface area contributed by atoms with Gasteiger partial charge in [0.1, 0.15) is 11.9 Å². The first-order chi connectivity index (χ1) is 10.7. The van der Waals surface area contributed by atoms with Gasteiger partial charge in [-0.1, -0.05) is 25.5 Å². The average molecular weight is 415 g/mol. The number of nitrogens with one attached hydrogen (secondary N) is 1. The molecule has 4 nitrogen and oxygen atoms in total. The number of likely N-dealkylation sites (tertiary alicyclic amines) is 1. The van der Waals surface area contributed by atoms with Gasteiger partial charge < -0.3 is 15.0 Å². The predicted octanol–water partition coefficient (Wildman–Crippen LogP) is 3.51. The molecule has 0 aromatic heterocycles. The Labute approximate surface area is 147 Å². The van der Waals surface area contributed by atoms with E-state index in [0.29, 0.717) is 6.10 Å². The molecule has 1 aromatic carbocycles. The fourth-order valence-electron chi connectivity index (χ4n) is 2.61. The lowest BCUT2D eigenvalue weighted by Gasteiger charge is -2.34. The van der Waals surface area contributed by atoms with Gasteiger partial charge in [0.25, 0.3) is 0 Å². The number of halogens is 1. The molecule has 0 unspecified atom stereocenters. The SMILES string of the molecule is CCCCNC(=NC)N1CCC(Oc2ccccc2I)CC1.